The van der Waals surface area contributed by atoms with Crippen molar-refractivity contribution in [1.82, 2.24) is 15.1 Å². The molecule has 24 heavy (non-hydrogen) atoms. The third-order valence-electron chi connectivity index (χ3n) is 5.15. The maximum Gasteiger partial charge on any atom is 0.193 e. The minimum atomic E-state index is 0. The highest BCUT2D eigenvalue weighted by atomic mass is 127. The van der Waals surface area contributed by atoms with Crippen LogP contribution in [0.3, 0.4) is 0 Å². The van der Waals surface area contributed by atoms with Gasteiger partial charge in [-0.15, -0.1) is 24.0 Å². The quantitative estimate of drug-likeness (QED) is 0.439. The van der Waals surface area contributed by atoms with Crippen LogP contribution < -0.4 is 5.32 Å². The number of rotatable bonds is 4. The van der Waals surface area contributed by atoms with Gasteiger partial charge in [0.25, 0.3) is 0 Å². The fourth-order valence-corrected chi connectivity index (χ4v) is 3.83. The maximum atomic E-state index is 5.38. The van der Waals surface area contributed by atoms with Crippen LogP contribution in [-0.2, 0) is 6.42 Å². The van der Waals surface area contributed by atoms with Crippen molar-refractivity contribution in [3.63, 3.8) is 0 Å². The van der Waals surface area contributed by atoms with Gasteiger partial charge in [0.1, 0.15) is 5.76 Å². The molecule has 1 saturated carbocycles. The molecule has 1 aromatic heterocycles. The molecule has 1 aliphatic heterocycles. The van der Waals surface area contributed by atoms with Gasteiger partial charge in [-0.1, -0.05) is 19.3 Å². The van der Waals surface area contributed by atoms with E-state index in [4.69, 9.17) is 4.42 Å². The number of aliphatic imine (C=N–C) groups is 1. The molecule has 0 amide bonds. The van der Waals surface area contributed by atoms with E-state index in [0.29, 0.717) is 0 Å². The summed E-state index contributed by atoms with van der Waals surface area (Å²) in [5.74, 6) is 2.05. The Morgan fingerprint density at radius 1 is 1.21 bits per heavy atom. The molecule has 0 aromatic carbocycles. The summed E-state index contributed by atoms with van der Waals surface area (Å²) in [6.45, 7) is 5.37. The molecular formula is C18H31IN4O. The van der Waals surface area contributed by atoms with Gasteiger partial charge in [-0.05, 0) is 25.0 Å². The van der Waals surface area contributed by atoms with Crippen molar-refractivity contribution in [3.8, 4) is 0 Å². The van der Waals surface area contributed by atoms with E-state index >= 15 is 0 Å². The predicted molar refractivity (Wildman–Crippen MR) is 109 cm³/mol. The van der Waals surface area contributed by atoms with E-state index in [1.54, 1.807) is 6.26 Å². The van der Waals surface area contributed by atoms with Gasteiger partial charge < -0.3 is 14.6 Å². The number of hydrogen-bond donors (Lipinski definition) is 1. The van der Waals surface area contributed by atoms with Gasteiger partial charge in [0, 0.05) is 52.2 Å². The second-order valence-corrected chi connectivity index (χ2v) is 6.62. The number of nitrogens with one attached hydrogen (secondary N) is 1. The van der Waals surface area contributed by atoms with Crippen molar-refractivity contribution < 1.29 is 4.42 Å². The molecule has 1 aromatic rings. The highest BCUT2D eigenvalue weighted by molar-refractivity contribution is 14.0. The first-order valence-corrected chi connectivity index (χ1v) is 9.09. The Morgan fingerprint density at radius 3 is 2.58 bits per heavy atom. The van der Waals surface area contributed by atoms with Crippen LogP contribution >= 0.6 is 24.0 Å². The van der Waals surface area contributed by atoms with Crippen LogP contribution in [0.15, 0.2) is 27.8 Å². The minimum absolute atomic E-state index is 0. The van der Waals surface area contributed by atoms with Crippen LogP contribution in [0.1, 0.15) is 37.9 Å². The van der Waals surface area contributed by atoms with Crippen LogP contribution in [0.4, 0.5) is 0 Å². The van der Waals surface area contributed by atoms with E-state index in [1.165, 1.54) is 45.2 Å². The first-order valence-electron chi connectivity index (χ1n) is 9.09. The molecule has 1 N–H and O–H groups in total. The number of halogens is 1. The zero-order valence-corrected chi connectivity index (χ0v) is 17.1. The Balaban J connectivity index is 0.00000208. The molecule has 5 nitrogen and oxygen atoms in total. The highest BCUT2D eigenvalue weighted by Gasteiger charge is 2.26. The van der Waals surface area contributed by atoms with E-state index in [1.807, 2.05) is 19.2 Å². The Hall–Kier alpha value is -0.760. The van der Waals surface area contributed by atoms with Crippen LogP contribution in [-0.4, -0.2) is 61.6 Å². The van der Waals surface area contributed by atoms with Gasteiger partial charge in [0.2, 0.25) is 0 Å². The van der Waals surface area contributed by atoms with Gasteiger partial charge >= 0.3 is 0 Å². The third-order valence-corrected chi connectivity index (χ3v) is 5.15. The van der Waals surface area contributed by atoms with E-state index in [2.05, 4.69) is 20.1 Å². The second kappa shape index (κ2) is 10.3. The summed E-state index contributed by atoms with van der Waals surface area (Å²) in [5, 5.41) is 3.47. The Labute approximate surface area is 162 Å². The first-order chi connectivity index (χ1) is 11.4. The lowest BCUT2D eigenvalue weighted by atomic mass is 9.94. The van der Waals surface area contributed by atoms with Crippen molar-refractivity contribution in [1.29, 1.82) is 0 Å². The lowest BCUT2D eigenvalue weighted by Crippen LogP contribution is -2.55. The normalized spacial score (nSPS) is 20.7. The zero-order chi connectivity index (χ0) is 15.9. The number of hydrogen-bond acceptors (Lipinski definition) is 3. The van der Waals surface area contributed by atoms with Gasteiger partial charge in [0.05, 0.1) is 6.26 Å². The standard InChI is InChI=1S/C18H30N4O.HI/c1-19-18(20-10-9-17-8-5-15-23-17)22-13-11-21(12-14-22)16-6-3-2-4-7-16;/h5,8,15-16H,2-4,6-7,9-14H2,1H3,(H,19,20);1H. The van der Waals surface area contributed by atoms with Gasteiger partial charge in [-0.2, -0.15) is 0 Å². The summed E-state index contributed by atoms with van der Waals surface area (Å²) in [5.41, 5.74) is 0. The molecule has 1 aliphatic carbocycles. The molecule has 136 valence electrons. The fourth-order valence-electron chi connectivity index (χ4n) is 3.83. The SMILES string of the molecule is CN=C(NCCc1ccco1)N1CCN(C2CCCCC2)CC1.I. The summed E-state index contributed by atoms with van der Waals surface area (Å²) >= 11 is 0. The highest BCUT2D eigenvalue weighted by Crippen LogP contribution is 2.23. The molecule has 6 heteroatoms. The van der Waals surface area contributed by atoms with Gasteiger partial charge in [-0.3, -0.25) is 9.89 Å². The average Bonchev–Trinajstić information content (AvgIpc) is 3.13. The molecule has 0 unspecified atom stereocenters. The molecule has 2 aliphatic rings. The van der Waals surface area contributed by atoms with E-state index in [0.717, 1.165) is 43.8 Å². The van der Waals surface area contributed by atoms with Gasteiger partial charge in [0.15, 0.2) is 5.96 Å². The zero-order valence-electron chi connectivity index (χ0n) is 14.7. The molecule has 0 bridgehead atoms. The average molecular weight is 446 g/mol. The molecular weight excluding hydrogens is 415 g/mol. The monoisotopic (exact) mass is 446 g/mol. The first kappa shape index (κ1) is 19.6. The third kappa shape index (κ3) is 5.37. The second-order valence-electron chi connectivity index (χ2n) is 6.62. The van der Waals surface area contributed by atoms with Gasteiger partial charge in [-0.25, -0.2) is 0 Å². The number of piperazine rings is 1. The topological polar surface area (TPSA) is 44.0 Å². The lowest BCUT2D eigenvalue weighted by molar-refractivity contribution is 0.106. The summed E-state index contributed by atoms with van der Waals surface area (Å²) in [6, 6.07) is 4.79. The van der Waals surface area contributed by atoms with Crippen molar-refractivity contribution in [2.24, 2.45) is 4.99 Å². The molecule has 0 spiro atoms. The van der Waals surface area contributed by atoms with Crippen LogP contribution in [0.5, 0.6) is 0 Å². The molecule has 3 rings (SSSR count). The van der Waals surface area contributed by atoms with Crippen LogP contribution in [0.2, 0.25) is 0 Å². The van der Waals surface area contributed by atoms with Crippen LogP contribution in [0, 0.1) is 0 Å². The molecule has 0 radical (unpaired) electrons. The van der Waals surface area contributed by atoms with E-state index in [-0.39, 0.29) is 24.0 Å². The van der Waals surface area contributed by atoms with Crippen molar-refractivity contribution >= 4 is 29.9 Å². The number of furan rings is 1. The Morgan fingerprint density at radius 2 is 1.96 bits per heavy atom. The molecule has 2 heterocycles. The summed E-state index contributed by atoms with van der Waals surface area (Å²) in [6.07, 6.45) is 9.69. The lowest BCUT2D eigenvalue weighted by Gasteiger charge is -2.41. The minimum Gasteiger partial charge on any atom is -0.469 e. The fraction of sp³-hybridized carbons (Fsp3) is 0.722. The van der Waals surface area contributed by atoms with Crippen molar-refractivity contribution in [3.05, 3.63) is 24.2 Å². The maximum absolute atomic E-state index is 5.38. The largest absolute Gasteiger partial charge is 0.469 e. The number of nitrogens with zero attached hydrogens (tertiary/aromatic N) is 3. The predicted octanol–water partition coefficient (Wildman–Crippen LogP) is 2.97. The number of guanidine groups is 1. The molecule has 0 atom stereocenters. The summed E-state index contributed by atoms with van der Waals surface area (Å²) in [7, 11) is 1.88. The smallest absolute Gasteiger partial charge is 0.193 e. The van der Waals surface area contributed by atoms with E-state index < -0.39 is 0 Å². The molecule has 1 saturated heterocycles. The summed E-state index contributed by atoms with van der Waals surface area (Å²) < 4.78 is 5.38. The summed E-state index contributed by atoms with van der Waals surface area (Å²) in [4.78, 5) is 9.54. The van der Waals surface area contributed by atoms with Crippen LogP contribution in [0.25, 0.3) is 0 Å². The Kier molecular flexibility index (Phi) is 8.38. The molecule has 2 fully saturated rings. The van der Waals surface area contributed by atoms with Crippen molar-refractivity contribution in [2.45, 2.75) is 44.6 Å². The Bertz CT molecular complexity index is 477. The van der Waals surface area contributed by atoms with Crippen molar-refractivity contribution in [2.75, 3.05) is 39.8 Å². The van der Waals surface area contributed by atoms with E-state index in [9.17, 15) is 0 Å².